The maximum atomic E-state index is 13.2. The van der Waals surface area contributed by atoms with Crippen molar-refractivity contribution in [2.45, 2.75) is 51.2 Å². The number of nitrogens with zero attached hydrogens (tertiary/aromatic N) is 3. The first kappa shape index (κ1) is 18.4. The van der Waals surface area contributed by atoms with Gasteiger partial charge in [0.2, 0.25) is 5.91 Å². The number of nitrogens with one attached hydrogen (secondary N) is 1. The number of para-hydroxylation sites is 1. The van der Waals surface area contributed by atoms with Gasteiger partial charge in [0.1, 0.15) is 0 Å². The summed E-state index contributed by atoms with van der Waals surface area (Å²) in [6, 6.07) is 9.43. The Balaban J connectivity index is 1.59. The summed E-state index contributed by atoms with van der Waals surface area (Å²) in [7, 11) is 2.22. The van der Waals surface area contributed by atoms with Crippen LogP contribution in [0.4, 0.5) is 5.69 Å². The Morgan fingerprint density at radius 3 is 2.89 bits per heavy atom. The predicted molar refractivity (Wildman–Crippen MR) is 110 cm³/mol. The molecule has 1 aromatic heterocycles. The Kier molecular flexibility index (Phi) is 5.45. The monoisotopic (exact) mass is 384 g/mol. The molecule has 6 heteroatoms. The first-order chi connectivity index (χ1) is 13.1. The molecule has 2 aliphatic rings. The number of hydrogen-bond acceptors (Lipinski definition) is 5. The first-order valence-electron chi connectivity index (χ1n) is 9.82. The molecular formula is C21H28N4OS. The minimum Gasteiger partial charge on any atom is -0.385 e. The number of hydrogen-bond donors (Lipinski definition) is 1. The van der Waals surface area contributed by atoms with Gasteiger partial charge in [0, 0.05) is 42.8 Å². The molecule has 1 aromatic carbocycles. The maximum absolute atomic E-state index is 13.2. The molecule has 3 heterocycles. The largest absolute Gasteiger partial charge is 0.385 e. The van der Waals surface area contributed by atoms with Crippen molar-refractivity contribution in [2.75, 3.05) is 25.5 Å². The minimum absolute atomic E-state index is 0.172. The van der Waals surface area contributed by atoms with E-state index in [-0.39, 0.29) is 5.91 Å². The van der Waals surface area contributed by atoms with Gasteiger partial charge in [-0.2, -0.15) is 0 Å². The molecule has 0 saturated carbocycles. The first-order valence-corrected chi connectivity index (χ1v) is 10.7. The van der Waals surface area contributed by atoms with E-state index in [0.717, 1.165) is 35.9 Å². The standard InChI is InChI=1S/C21H28N4OS/c1-15-23-17(14-27-15)11-21(26)25-12-16-5-3-4-6-20(16)22-10-9-18-7-8-19(13-25)24(18)2/h3-6,14,18-19,22H,7-13H2,1-2H3/t18-,19+/m0/s1. The minimum atomic E-state index is 0.172. The van der Waals surface area contributed by atoms with Crippen LogP contribution in [0, 0.1) is 6.92 Å². The van der Waals surface area contributed by atoms with Gasteiger partial charge >= 0.3 is 0 Å². The van der Waals surface area contributed by atoms with E-state index < -0.39 is 0 Å². The van der Waals surface area contributed by atoms with E-state index in [2.05, 4.69) is 46.5 Å². The van der Waals surface area contributed by atoms with Crippen LogP contribution in [0.15, 0.2) is 29.6 Å². The summed E-state index contributed by atoms with van der Waals surface area (Å²) in [4.78, 5) is 22.2. The van der Waals surface area contributed by atoms with E-state index in [9.17, 15) is 4.79 Å². The number of carbonyl (C=O) groups is 1. The summed E-state index contributed by atoms with van der Waals surface area (Å²) in [5.74, 6) is 0.172. The topological polar surface area (TPSA) is 48.5 Å². The molecule has 0 unspecified atom stereocenters. The molecule has 1 saturated heterocycles. The van der Waals surface area contributed by atoms with Crippen LogP contribution in [0.1, 0.15) is 35.5 Å². The number of likely N-dealkylation sites (N-methyl/N-ethyl adjacent to an activating group) is 1. The van der Waals surface area contributed by atoms with Crippen molar-refractivity contribution in [2.24, 2.45) is 0 Å². The van der Waals surface area contributed by atoms with Gasteiger partial charge in [-0.25, -0.2) is 4.98 Å². The van der Waals surface area contributed by atoms with Crippen LogP contribution in [0.3, 0.4) is 0 Å². The lowest BCUT2D eigenvalue weighted by Gasteiger charge is -2.31. The van der Waals surface area contributed by atoms with Crippen LogP contribution >= 0.6 is 11.3 Å². The number of anilines is 1. The third kappa shape index (κ3) is 4.17. The molecule has 0 radical (unpaired) electrons. The summed E-state index contributed by atoms with van der Waals surface area (Å²) >= 11 is 1.61. The van der Waals surface area contributed by atoms with Crippen LogP contribution in [0.2, 0.25) is 0 Å². The number of fused-ring (bicyclic) bond motifs is 3. The Hall–Kier alpha value is -1.92. The van der Waals surface area contributed by atoms with Gasteiger partial charge in [-0.3, -0.25) is 9.69 Å². The molecule has 2 bridgehead atoms. The van der Waals surface area contributed by atoms with Crippen molar-refractivity contribution in [3.63, 3.8) is 0 Å². The molecular weight excluding hydrogens is 356 g/mol. The Labute approximate surface area is 165 Å². The van der Waals surface area contributed by atoms with Crippen molar-refractivity contribution in [3.8, 4) is 0 Å². The highest BCUT2D eigenvalue weighted by molar-refractivity contribution is 7.09. The quantitative estimate of drug-likeness (QED) is 0.863. The SMILES string of the molecule is Cc1nc(CC(=O)N2Cc3ccccc3NCC[C@@H]3CC[C@H](C2)N3C)cs1. The average molecular weight is 385 g/mol. The van der Waals surface area contributed by atoms with Crippen molar-refractivity contribution >= 4 is 22.9 Å². The zero-order valence-electron chi connectivity index (χ0n) is 16.1. The van der Waals surface area contributed by atoms with Gasteiger partial charge < -0.3 is 10.2 Å². The van der Waals surface area contributed by atoms with Crippen molar-refractivity contribution in [3.05, 3.63) is 45.9 Å². The van der Waals surface area contributed by atoms with Gasteiger partial charge in [0.25, 0.3) is 0 Å². The fourth-order valence-electron chi connectivity index (χ4n) is 4.33. The van der Waals surface area contributed by atoms with Crippen molar-refractivity contribution in [1.82, 2.24) is 14.8 Å². The summed E-state index contributed by atoms with van der Waals surface area (Å²) in [6.45, 7) is 4.41. The van der Waals surface area contributed by atoms with Gasteiger partial charge in [0.15, 0.2) is 0 Å². The molecule has 4 rings (SSSR count). The van der Waals surface area contributed by atoms with E-state index in [1.165, 1.54) is 18.4 Å². The second kappa shape index (κ2) is 7.98. The van der Waals surface area contributed by atoms with Crippen LogP contribution in [0.25, 0.3) is 0 Å². The number of carbonyl (C=O) groups excluding carboxylic acids is 1. The van der Waals surface area contributed by atoms with Gasteiger partial charge in [0.05, 0.1) is 17.1 Å². The van der Waals surface area contributed by atoms with Crippen LogP contribution in [-0.2, 0) is 17.8 Å². The van der Waals surface area contributed by atoms with E-state index in [1.807, 2.05) is 17.2 Å². The molecule has 2 atom stereocenters. The van der Waals surface area contributed by atoms with Gasteiger partial charge in [-0.15, -0.1) is 11.3 Å². The Bertz CT molecular complexity index is 805. The number of amides is 1. The summed E-state index contributed by atoms with van der Waals surface area (Å²) in [5.41, 5.74) is 3.24. The summed E-state index contributed by atoms with van der Waals surface area (Å²) in [5, 5.41) is 6.62. The zero-order valence-corrected chi connectivity index (χ0v) is 17.0. The smallest absolute Gasteiger partial charge is 0.228 e. The molecule has 1 fully saturated rings. The molecule has 2 aromatic rings. The lowest BCUT2D eigenvalue weighted by molar-refractivity contribution is -0.131. The second-order valence-electron chi connectivity index (χ2n) is 7.73. The van der Waals surface area contributed by atoms with Crippen LogP contribution < -0.4 is 5.32 Å². The highest BCUT2D eigenvalue weighted by atomic mass is 32.1. The van der Waals surface area contributed by atoms with E-state index in [4.69, 9.17) is 0 Å². The molecule has 0 aliphatic carbocycles. The molecule has 144 valence electrons. The lowest BCUT2D eigenvalue weighted by Crippen LogP contribution is -2.43. The van der Waals surface area contributed by atoms with Crippen molar-refractivity contribution in [1.29, 1.82) is 0 Å². The van der Waals surface area contributed by atoms with Crippen LogP contribution in [-0.4, -0.2) is 52.9 Å². The number of aryl methyl sites for hydroxylation is 1. The number of aromatic nitrogens is 1. The molecule has 27 heavy (non-hydrogen) atoms. The van der Waals surface area contributed by atoms with E-state index in [0.29, 0.717) is 25.0 Å². The third-order valence-corrected chi connectivity index (χ3v) is 6.76. The molecule has 2 aliphatic heterocycles. The fraction of sp³-hybridized carbons (Fsp3) is 0.524. The molecule has 1 N–H and O–H groups in total. The average Bonchev–Trinajstić information content (AvgIpc) is 3.20. The molecule has 1 amide bonds. The molecule has 0 spiro atoms. The Morgan fingerprint density at radius 1 is 1.26 bits per heavy atom. The zero-order chi connectivity index (χ0) is 18.8. The Morgan fingerprint density at radius 2 is 2.07 bits per heavy atom. The fourth-order valence-corrected chi connectivity index (χ4v) is 4.95. The van der Waals surface area contributed by atoms with E-state index in [1.54, 1.807) is 11.3 Å². The lowest BCUT2D eigenvalue weighted by atomic mass is 10.1. The van der Waals surface area contributed by atoms with Gasteiger partial charge in [-0.05, 0) is 44.9 Å². The number of rotatable bonds is 2. The van der Waals surface area contributed by atoms with Crippen LogP contribution in [0.5, 0.6) is 0 Å². The summed E-state index contributed by atoms with van der Waals surface area (Å²) < 4.78 is 0. The highest BCUT2D eigenvalue weighted by Gasteiger charge is 2.33. The van der Waals surface area contributed by atoms with E-state index >= 15 is 0 Å². The normalized spacial score (nSPS) is 23.4. The van der Waals surface area contributed by atoms with Crippen molar-refractivity contribution < 1.29 is 4.79 Å². The second-order valence-corrected chi connectivity index (χ2v) is 8.79. The van der Waals surface area contributed by atoms with Gasteiger partial charge in [-0.1, -0.05) is 18.2 Å². The predicted octanol–water partition coefficient (Wildman–Crippen LogP) is 3.30. The number of thiazole rings is 1. The molecule has 5 nitrogen and oxygen atoms in total. The highest BCUT2D eigenvalue weighted by Crippen LogP contribution is 2.28. The maximum Gasteiger partial charge on any atom is 0.228 e. The number of benzene rings is 1. The third-order valence-electron chi connectivity index (χ3n) is 5.94. The summed E-state index contributed by atoms with van der Waals surface area (Å²) in [6.07, 6.45) is 3.92.